The third-order valence-electron chi connectivity index (χ3n) is 3.99. The molecule has 0 aliphatic carbocycles. The average Bonchev–Trinajstić information content (AvgIpc) is 2.47. The molecule has 134 valence electrons. The van der Waals surface area contributed by atoms with Gasteiger partial charge in [-0.05, 0) is 0 Å². The van der Waals surface area contributed by atoms with Crippen molar-refractivity contribution in [2.75, 3.05) is 18.5 Å². The zero-order valence-corrected chi connectivity index (χ0v) is 14.5. The molecular formula is C15H27F6P. The van der Waals surface area contributed by atoms with Gasteiger partial charge in [0, 0.05) is 0 Å². The molecular weight excluding hydrogens is 325 g/mol. The summed E-state index contributed by atoms with van der Waals surface area (Å²) >= 11 is 0. The number of unbranched alkanes of at least 4 members (excludes halogenated alkanes) is 3. The molecule has 0 heterocycles. The van der Waals surface area contributed by atoms with E-state index in [9.17, 15) is 22.0 Å². The third-order valence-corrected chi connectivity index (χ3v) is 9.19. The summed E-state index contributed by atoms with van der Waals surface area (Å²) < 4.78 is 81.4. The number of hydrogen-bond acceptors (Lipinski definition) is 0. The summed E-state index contributed by atoms with van der Waals surface area (Å²) in [6.45, 7) is 0.247. The molecule has 0 aliphatic heterocycles. The molecule has 0 unspecified atom stereocenters. The van der Waals surface area contributed by atoms with E-state index in [4.69, 9.17) is 0 Å². The summed E-state index contributed by atoms with van der Waals surface area (Å²) in [5, 5.41) is 0. The van der Waals surface area contributed by atoms with Gasteiger partial charge in [0.2, 0.25) is 0 Å². The van der Waals surface area contributed by atoms with Crippen LogP contribution in [0.4, 0.5) is 26.1 Å². The van der Waals surface area contributed by atoms with E-state index in [2.05, 4.69) is 0 Å². The normalized spacial score (nSPS) is 16.1. The molecule has 0 spiro atoms. The molecule has 22 heavy (non-hydrogen) atoms. The predicted octanol–water partition coefficient (Wildman–Crippen LogP) is 7.49. The summed E-state index contributed by atoms with van der Waals surface area (Å²) in [6.07, 6.45) is -3.97. The van der Waals surface area contributed by atoms with Crippen LogP contribution in [0.25, 0.3) is 0 Å². The Balaban J connectivity index is 5.99. The van der Waals surface area contributed by atoms with Gasteiger partial charge in [-0.15, -0.1) is 0 Å². The van der Waals surface area contributed by atoms with Crippen molar-refractivity contribution in [3.05, 3.63) is 11.4 Å². The van der Waals surface area contributed by atoms with Crippen LogP contribution in [-0.4, -0.2) is 24.7 Å². The van der Waals surface area contributed by atoms with Crippen molar-refractivity contribution in [1.82, 2.24) is 0 Å². The van der Waals surface area contributed by atoms with Gasteiger partial charge in [-0.25, -0.2) is 0 Å². The quantitative estimate of drug-likeness (QED) is 0.282. The Labute approximate surface area is 129 Å². The van der Waals surface area contributed by atoms with Crippen molar-refractivity contribution in [1.29, 1.82) is 0 Å². The second-order valence-electron chi connectivity index (χ2n) is 5.92. The van der Waals surface area contributed by atoms with Gasteiger partial charge in [0.05, 0.1) is 0 Å². The van der Waals surface area contributed by atoms with Gasteiger partial charge in [-0.2, -0.15) is 0 Å². The van der Waals surface area contributed by atoms with E-state index in [1.807, 2.05) is 0 Å². The summed E-state index contributed by atoms with van der Waals surface area (Å²) in [5.41, 5.74) is -2.13. The SMILES string of the molecule is CCCCP(F)(CCCC)(CCCC)C(F)=C(F)C(F)(F)F. The minimum atomic E-state index is -5.47. The number of rotatable bonds is 10. The number of hydrogen-bond donors (Lipinski definition) is 0. The van der Waals surface area contributed by atoms with Crippen molar-refractivity contribution in [2.24, 2.45) is 0 Å². The molecule has 0 fully saturated rings. The van der Waals surface area contributed by atoms with Crippen LogP contribution in [0.5, 0.6) is 0 Å². The zero-order valence-electron chi connectivity index (χ0n) is 13.6. The molecule has 0 rings (SSSR count). The van der Waals surface area contributed by atoms with E-state index >= 15 is 4.20 Å². The second kappa shape index (κ2) is 8.56. The van der Waals surface area contributed by atoms with Crippen LogP contribution < -0.4 is 0 Å². The van der Waals surface area contributed by atoms with Gasteiger partial charge < -0.3 is 0 Å². The Bertz CT molecular complexity index is 350. The van der Waals surface area contributed by atoms with E-state index in [0.717, 1.165) is 0 Å². The van der Waals surface area contributed by atoms with Crippen molar-refractivity contribution in [3.8, 4) is 0 Å². The van der Waals surface area contributed by atoms with Crippen LogP contribution in [0.2, 0.25) is 0 Å². The molecule has 0 aromatic rings. The molecule has 0 nitrogen and oxygen atoms in total. The van der Waals surface area contributed by atoms with Gasteiger partial charge in [0.15, 0.2) is 0 Å². The van der Waals surface area contributed by atoms with Crippen LogP contribution in [0.15, 0.2) is 11.4 Å². The molecule has 0 saturated heterocycles. The van der Waals surface area contributed by atoms with Crippen LogP contribution in [0.1, 0.15) is 59.3 Å². The first-order chi connectivity index (χ1) is 10.1. The second-order valence-corrected chi connectivity index (χ2v) is 10.8. The Morgan fingerprint density at radius 2 is 1.09 bits per heavy atom. The first kappa shape index (κ1) is 21.8. The molecule has 0 bridgehead atoms. The molecule has 0 aromatic heterocycles. The summed E-state index contributed by atoms with van der Waals surface area (Å²) in [5.74, 6) is -2.86. The summed E-state index contributed by atoms with van der Waals surface area (Å²) in [7, 11) is 0. The van der Waals surface area contributed by atoms with Crippen LogP contribution in [0.3, 0.4) is 0 Å². The fourth-order valence-electron chi connectivity index (χ4n) is 2.55. The Kier molecular flexibility index (Phi) is 8.46. The Morgan fingerprint density at radius 3 is 1.32 bits per heavy atom. The molecule has 0 saturated carbocycles. The molecule has 7 heteroatoms. The topological polar surface area (TPSA) is 0 Å². The number of allylic oxidation sites excluding steroid dienone is 1. The molecule has 0 radical (unpaired) electrons. The summed E-state index contributed by atoms with van der Waals surface area (Å²) in [6, 6.07) is 0. The van der Waals surface area contributed by atoms with Gasteiger partial charge in [-0.1, -0.05) is 0 Å². The van der Waals surface area contributed by atoms with E-state index in [0.29, 0.717) is 19.3 Å². The van der Waals surface area contributed by atoms with E-state index in [1.165, 1.54) is 0 Å². The number of halogens is 6. The predicted molar refractivity (Wildman–Crippen MR) is 82.7 cm³/mol. The standard InChI is InChI=1S/C15H27F6P/c1-4-7-10-22(21,11-8-5-2,12-9-6-3)14(17)13(16)15(18,19)20/h4-12H2,1-3H3. The van der Waals surface area contributed by atoms with Gasteiger partial charge in [0.25, 0.3) is 0 Å². The van der Waals surface area contributed by atoms with Crippen molar-refractivity contribution in [3.63, 3.8) is 0 Å². The van der Waals surface area contributed by atoms with Gasteiger partial charge in [-0.3, -0.25) is 0 Å². The Morgan fingerprint density at radius 1 is 0.773 bits per heavy atom. The van der Waals surface area contributed by atoms with Crippen molar-refractivity contribution < 1.29 is 26.1 Å². The molecule has 0 N–H and O–H groups in total. The van der Waals surface area contributed by atoms with Gasteiger partial charge in [0.1, 0.15) is 0 Å². The maximum absolute atomic E-state index is 15.9. The molecule has 0 aliphatic rings. The maximum atomic E-state index is 15.9. The van der Waals surface area contributed by atoms with E-state index < -0.39 is 24.5 Å². The Hall–Kier alpha value is -0.250. The van der Waals surface area contributed by atoms with Crippen molar-refractivity contribution >= 4 is 6.91 Å². The molecule has 0 atom stereocenters. The summed E-state index contributed by atoms with van der Waals surface area (Å²) in [4.78, 5) is 0. The molecule has 0 aromatic carbocycles. The first-order valence-corrected chi connectivity index (χ1v) is 10.6. The first-order valence-electron chi connectivity index (χ1n) is 7.91. The van der Waals surface area contributed by atoms with Crippen LogP contribution in [0, 0.1) is 0 Å². The van der Waals surface area contributed by atoms with Gasteiger partial charge >= 0.3 is 128 Å². The molecule has 0 amide bonds. The monoisotopic (exact) mass is 352 g/mol. The fraction of sp³-hybridized carbons (Fsp3) is 0.867. The fourth-order valence-corrected chi connectivity index (χ4v) is 7.55. The van der Waals surface area contributed by atoms with E-state index in [1.54, 1.807) is 20.8 Å². The zero-order chi connectivity index (χ0) is 17.5. The van der Waals surface area contributed by atoms with Crippen LogP contribution in [-0.2, 0) is 0 Å². The van der Waals surface area contributed by atoms with E-state index in [-0.39, 0.29) is 37.7 Å². The minimum absolute atomic E-state index is 0.264. The van der Waals surface area contributed by atoms with Crippen molar-refractivity contribution in [2.45, 2.75) is 65.5 Å². The van der Waals surface area contributed by atoms with Crippen LogP contribution >= 0.6 is 6.91 Å². The number of alkyl halides is 3. The third kappa shape index (κ3) is 5.43. The average molecular weight is 352 g/mol.